The van der Waals surface area contributed by atoms with E-state index in [4.69, 9.17) is 0 Å². The SMILES string of the molecule is CCS(=O)(=O)c1ccc(NC(C)(C)C(=O)O)nc1-c1nc2cc(C(F)(F)F)cnc2n1C. The highest BCUT2D eigenvalue weighted by Gasteiger charge is 2.33. The molecule has 0 aliphatic rings. The molecule has 172 valence electrons. The molecule has 3 heterocycles. The Hall–Kier alpha value is -3.22. The van der Waals surface area contributed by atoms with Crippen molar-refractivity contribution in [3.05, 3.63) is 30.0 Å². The van der Waals surface area contributed by atoms with Crippen molar-refractivity contribution in [2.75, 3.05) is 11.1 Å². The number of halogens is 3. The van der Waals surface area contributed by atoms with Gasteiger partial charge in [0.2, 0.25) is 0 Å². The summed E-state index contributed by atoms with van der Waals surface area (Å²) < 4.78 is 65.8. The molecule has 0 unspecified atom stereocenters. The lowest BCUT2D eigenvalue weighted by Crippen LogP contribution is -2.40. The highest BCUT2D eigenvalue weighted by molar-refractivity contribution is 7.91. The van der Waals surface area contributed by atoms with E-state index in [2.05, 4.69) is 20.3 Å². The van der Waals surface area contributed by atoms with Crippen molar-refractivity contribution in [3.8, 4) is 11.5 Å². The van der Waals surface area contributed by atoms with Gasteiger partial charge in [0.15, 0.2) is 21.3 Å². The number of aryl methyl sites for hydroxylation is 1. The second-order valence-corrected chi connectivity index (χ2v) is 9.81. The standard InChI is InChI=1S/C19H20F3N5O4S/c1-5-32(30,31)12-6-7-13(26-18(2,3)17(28)29)25-14(12)16-24-11-8-10(19(20,21)22)9-23-15(11)27(16)4/h6-9H,5H2,1-4H3,(H,25,26)(H,28,29). The summed E-state index contributed by atoms with van der Waals surface area (Å²) in [4.78, 5) is 23.5. The molecule has 0 saturated heterocycles. The van der Waals surface area contributed by atoms with Gasteiger partial charge in [0, 0.05) is 13.2 Å². The van der Waals surface area contributed by atoms with Crippen LogP contribution in [0.1, 0.15) is 26.3 Å². The number of hydrogen-bond acceptors (Lipinski definition) is 7. The molecule has 0 bridgehead atoms. The summed E-state index contributed by atoms with van der Waals surface area (Å²) in [5, 5.41) is 12.0. The van der Waals surface area contributed by atoms with E-state index in [9.17, 15) is 31.5 Å². The van der Waals surface area contributed by atoms with Gasteiger partial charge < -0.3 is 15.0 Å². The molecule has 3 rings (SSSR count). The third-order valence-electron chi connectivity index (χ3n) is 4.80. The molecule has 32 heavy (non-hydrogen) atoms. The van der Waals surface area contributed by atoms with Gasteiger partial charge in [0.25, 0.3) is 0 Å². The lowest BCUT2D eigenvalue weighted by atomic mass is 10.1. The highest BCUT2D eigenvalue weighted by atomic mass is 32.2. The summed E-state index contributed by atoms with van der Waals surface area (Å²) in [5.74, 6) is -1.40. The van der Waals surface area contributed by atoms with Crippen molar-refractivity contribution in [2.24, 2.45) is 7.05 Å². The topological polar surface area (TPSA) is 127 Å². The number of fused-ring (bicyclic) bond motifs is 1. The van der Waals surface area contributed by atoms with Crippen LogP contribution in [0.15, 0.2) is 29.3 Å². The number of imidazole rings is 1. The average Bonchev–Trinajstić information content (AvgIpc) is 3.02. The van der Waals surface area contributed by atoms with Crippen LogP contribution >= 0.6 is 0 Å². The van der Waals surface area contributed by atoms with E-state index in [0.717, 1.165) is 6.07 Å². The Kier molecular flexibility index (Phi) is 5.66. The van der Waals surface area contributed by atoms with Gasteiger partial charge in [-0.05, 0) is 32.0 Å². The van der Waals surface area contributed by atoms with Crippen molar-refractivity contribution in [3.63, 3.8) is 0 Å². The fourth-order valence-corrected chi connectivity index (χ4v) is 3.92. The number of sulfone groups is 1. The van der Waals surface area contributed by atoms with Crippen LogP contribution < -0.4 is 5.32 Å². The summed E-state index contributed by atoms with van der Waals surface area (Å²) in [7, 11) is -2.33. The van der Waals surface area contributed by atoms with Crippen LogP contribution in [0.3, 0.4) is 0 Å². The second-order valence-electron chi connectivity index (χ2n) is 7.56. The number of hydrogen-bond donors (Lipinski definition) is 2. The molecule has 0 fully saturated rings. The van der Waals surface area contributed by atoms with Crippen LogP contribution in [0.25, 0.3) is 22.7 Å². The molecule has 0 aliphatic carbocycles. The predicted molar refractivity (Wildman–Crippen MR) is 110 cm³/mol. The minimum absolute atomic E-state index is 0.0318. The number of aromatic nitrogens is 4. The zero-order valence-corrected chi connectivity index (χ0v) is 18.3. The summed E-state index contributed by atoms with van der Waals surface area (Å²) in [6.45, 7) is 4.22. The fraction of sp³-hybridized carbons (Fsp3) is 0.368. The van der Waals surface area contributed by atoms with Gasteiger partial charge in [0.05, 0.1) is 16.2 Å². The maximum Gasteiger partial charge on any atom is 0.417 e. The Balaban J connectivity index is 2.26. The number of carboxylic acid groups (broad SMARTS) is 1. The van der Waals surface area contributed by atoms with Crippen molar-refractivity contribution in [1.82, 2.24) is 19.5 Å². The first kappa shape index (κ1) is 23.4. The zero-order valence-electron chi connectivity index (χ0n) is 17.5. The maximum absolute atomic E-state index is 13.1. The molecule has 9 nitrogen and oxygen atoms in total. The van der Waals surface area contributed by atoms with Gasteiger partial charge in [-0.15, -0.1) is 0 Å². The van der Waals surface area contributed by atoms with E-state index < -0.39 is 33.1 Å². The number of nitrogens with one attached hydrogen (secondary N) is 1. The number of carbonyl (C=O) groups is 1. The smallest absolute Gasteiger partial charge is 0.417 e. The lowest BCUT2D eigenvalue weighted by Gasteiger charge is -2.22. The largest absolute Gasteiger partial charge is 0.480 e. The van der Waals surface area contributed by atoms with Crippen LogP contribution in [0.5, 0.6) is 0 Å². The molecular weight excluding hydrogens is 451 g/mol. The van der Waals surface area contributed by atoms with Crippen molar-refractivity contribution in [1.29, 1.82) is 0 Å². The van der Waals surface area contributed by atoms with E-state index >= 15 is 0 Å². The summed E-state index contributed by atoms with van der Waals surface area (Å²) >= 11 is 0. The van der Waals surface area contributed by atoms with Crippen molar-refractivity contribution >= 4 is 32.8 Å². The number of pyridine rings is 2. The Bertz CT molecular complexity index is 1320. The first-order chi connectivity index (χ1) is 14.7. The van der Waals surface area contributed by atoms with E-state index in [0.29, 0.717) is 6.20 Å². The third kappa shape index (κ3) is 4.24. The fourth-order valence-electron chi connectivity index (χ4n) is 2.90. The monoisotopic (exact) mass is 471 g/mol. The first-order valence-electron chi connectivity index (χ1n) is 9.33. The highest BCUT2D eigenvalue weighted by Crippen LogP contribution is 2.33. The Labute approximate surface area is 181 Å². The second kappa shape index (κ2) is 7.73. The minimum Gasteiger partial charge on any atom is -0.480 e. The summed E-state index contributed by atoms with van der Waals surface area (Å²) in [5.41, 5.74) is -2.55. The molecular formula is C19H20F3N5O4S. The molecule has 0 atom stereocenters. The van der Waals surface area contributed by atoms with E-state index in [1.807, 2.05) is 0 Å². The van der Waals surface area contributed by atoms with Gasteiger partial charge in [-0.2, -0.15) is 13.2 Å². The number of alkyl halides is 3. The van der Waals surface area contributed by atoms with E-state index in [-0.39, 0.29) is 39.1 Å². The van der Waals surface area contributed by atoms with Crippen LogP contribution in [0, 0.1) is 0 Å². The molecule has 0 aromatic carbocycles. The zero-order chi connectivity index (χ0) is 24.1. The number of carboxylic acids is 1. The predicted octanol–water partition coefficient (Wildman–Crippen LogP) is 3.12. The molecule has 0 saturated carbocycles. The number of aliphatic carboxylic acids is 1. The van der Waals surface area contributed by atoms with Gasteiger partial charge in [0.1, 0.15) is 22.6 Å². The van der Waals surface area contributed by atoms with Gasteiger partial charge in [-0.3, -0.25) is 0 Å². The van der Waals surface area contributed by atoms with Crippen molar-refractivity contribution < 1.29 is 31.5 Å². The summed E-state index contributed by atoms with van der Waals surface area (Å²) in [6, 6.07) is 3.39. The Morgan fingerprint density at radius 2 is 1.88 bits per heavy atom. The third-order valence-corrected chi connectivity index (χ3v) is 6.56. The Morgan fingerprint density at radius 1 is 1.22 bits per heavy atom. The van der Waals surface area contributed by atoms with Gasteiger partial charge >= 0.3 is 12.1 Å². The van der Waals surface area contributed by atoms with E-state index in [1.165, 1.54) is 44.5 Å². The number of anilines is 1. The maximum atomic E-state index is 13.1. The van der Waals surface area contributed by atoms with E-state index in [1.54, 1.807) is 0 Å². The van der Waals surface area contributed by atoms with Crippen LogP contribution in [-0.2, 0) is 27.9 Å². The number of nitrogens with zero attached hydrogens (tertiary/aromatic N) is 4. The first-order valence-corrected chi connectivity index (χ1v) is 11.0. The Morgan fingerprint density at radius 3 is 2.44 bits per heavy atom. The molecule has 2 N–H and O–H groups in total. The van der Waals surface area contributed by atoms with Gasteiger partial charge in [-0.1, -0.05) is 6.92 Å². The molecule has 0 aliphatic heterocycles. The quantitative estimate of drug-likeness (QED) is 0.562. The average molecular weight is 471 g/mol. The lowest BCUT2D eigenvalue weighted by molar-refractivity contribution is -0.141. The van der Waals surface area contributed by atoms with Crippen LogP contribution in [0.2, 0.25) is 0 Å². The molecule has 0 amide bonds. The summed E-state index contributed by atoms with van der Waals surface area (Å²) in [6.07, 6.45) is -3.96. The van der Waals surface area contributed by atoms with Crippen LogP contribution in [-0.4, -0.2) is 50.3 Å². The molecule has 0 spiro atoms. The normalized spacial score (nSPS) is 12.8. The molecule has 3 aromatic heterocycles. The molecule has 0 radical (unpaired) electrons. The van der Waals surface area contributed by atoms with Gasteiger partial charge in [-0.25, -0.2) is 28.2 Å². The minimum atomic E-state index is -4.62. The van der Waals surface area contributed by atoms with Crippen LogP contribution in [0.4, 0.5) is 19.0 Å². The molecule has 3 aromatic rings. The molecule has 13 heteroatoms. The number of rotatable bonds is 6. The van der Waals surface area contributed by atoms with Crippen molar-refractivity contribution in [2.45, 2.75) is 37.4 Å².